The van der Waals surface area contributed by atoms with Crippen LogP contribution in [0.2, 0.25) is 0 Å². The molecule has 3 N–H and O–H groups in total. The molecule has 0 fully saturated rings. The van der Waals surface area contributed by atoms with E-state index in [4.69, 9.17) is 10.8 Å². The van der Waals surface area contributed by atoms with Gasteiger partial charge < -0.3 is 10.8 Å². The third-order valence-corrected chi connectivity index (χ3v) is 2.22. The third-order valence-electron chi connectivity index (χ3n) is 1.49. The minimum absolute atomic E-state index is 0.0838. The molecule has 0 saturated heterocycles. The first-order valence-electron chi connectivity index (χ1n) is 3.54. The van der Waals surface area contributed by atoms with Crippen LogP contribution in [0.15, 0.2) is 12.3 Å². The summed E-state index contributed by atoms with van der Waals surface area (Å²) in [6, 6.07) is 1.71. The fourth-order valence-electron chi connectivity index (χ4n) is 0.935. The maximum Gasteiger partial charge on any atom is 0.234 e. The Kier molecular flexibility index (Phi) is 1.95. The molecule has 2 heterocycles. The molecule has 0 radical (unpaired) electrons. The highest BCUT2D eigenvalue weighted by atomic mass is 32.1. The summed E-state index contributed by atoms with van der Waals surface area (Å²) in [7, 11) is 0. The summed E-state index contributed by atoms with van der Waals surface area (Å²) in [4.78, 5) is 0. The SMILES string of the molecule is Nc1nnc(-n2nccc2CO)s1. The van der Waals surface area contributed by atoms with Crippen LogP contribution in [0.1, 0.15) is 5.69 Å². The number of hydrogen-bond acceptors (Lipinski definition) is 6. The van der Waals surface area contributed by atoms with Crippen molar-refractivity contribution >= 4 is 16.5 Å². The van der Waals surface area contributed by atoms with Gasteiger partial charge in [-0.1, -0.05) is 11.3 Å². The van der Waals surface area contributed by atoms with E-state index in [0.29, 0.717) is 16.0 Å². The van der Waals surface area contributed by atoms with Gasteiger partial charge in [0, 0.05) is 6.20 Å². The number of rotatable bonds is 2. The normalized spacial score (nSPS) is 10.5. The fourth-order valence-corrected chi connectivity index (χ4v) is 1.54. The van der Waals surface area contributed by atoms with E-state index >= 15 is 0 Å². The summed E-state index contributed by atoms with van der Waals surface area (Å²) in [6.07, 6.45) is 1.59. The Bertz CT molecular complexity index is 409. The van der Waals surface area contributed by atoms with E-state index < -0.39 is 0 Å². The molecule has 68 valence electrons. The molecule has 2 aromatic heterocycles. The zero-order valence-corrected chi connectivity index (χ0v) is 7.40. The van der Waals surface area contributed by atoms with Crippen LogP contribution in [-0.2, 0) is 6.61 Å². The van der Waals surface area contributed by atoms with Gasteiger partial charge in [0.1, 0.15) is 0 Å². The first kappa shape index (κ1) is 8.14. The molecule has 0 saturated carbocycles. The Morgan fingerprint density at radius 2 is 2.38 bits per heavy atom. The Morgan fingerprint density at radius 1 is 1.54 bits per heavy atom. The van der Waals surface area contributed by atoms with Gasteiger partial charge in [-0.15, -0.1) is 10.2 Å². The van der Waals surface area contributed by atoms with Crippen LogP contribution in [0, 0.1) is 0 Å². The van der Waals surface area contributed by atoms with Crippen molar-refractivity contribution in [3.8, 4) is 5.13 Å². The Hall–Kier alpha value is -1.47. The van der Waals surface area contributed by atoms with Gasteiger partial charge >= 0.3 is 0 Å². The van der Waals surface area contributed by atoms with Crippen molar-refractivity contribution in [2.45, 2.75) is 6.61 Å². The van der Waals surface area contributed by atoms with Gasteiger partial charge in [-0.25, -0.2) is 4.68 Å². The number of nitrogens with zero attached hydrogens (tertiary/aromatic N) is 4. The highest BCUT2D eigenvalue weighted by Crippen LogP contribution is 2.16. The molecule has 7 heteroatoms. The number of nitrogens with two attached hydrogens (primary N) is 1. The van der Waals surface area contributed by atoms with E-state index in [2.05, 4.69) is 15.3 Å². The zero-order chi connectivity index (χ0) is 9.26. The number of anilines is 1. The maximum absolute atomic E-state index is 8.94. The molecule has 0 unspecified atom stereocenters. The molecule has 0 atom stereocenters. The van der Waals surface area contributed by atoms with Crippen molar-refractivity contribution in [3.05, 3.63) is 18.0 Å². The monoisotopic (exact) mass is 197 g/mol. The van der Waals surface area contributed by atoms with Gasteiger partial charge in [-0.3, -0.25) is 0 Å². The second kappa shape index (κ2) is 3.11. The van der Waals surface area contributed by atoms with E-state index in [0.717, 1.165) is 0 Å². The average Bonchev–Trinajstić information content (AvgIpc) is 2.71. The molecule has 2 aromatic rings. The smallest absolute Gasteiger partial charge is 0.234 e. The largest absolute Gasteiger partial charge is 0.390 e. The molecule has 6 nitrogen and oxygen atoms in total. The zero-order valence-electron chi connectivity index (χ0n) is 6.58. The lowest BCUT2D eigenvalue weighted by Gasteiger charge is -1.97. The van der Waals surface area contributed by atoms with Crippen LogP contribution in [0.5, 0.6) is 0 Å². The van der Waals surface area contributed by atoms with Crippen molar-refractivity contribution < 1.29 is 5.11 Å². The molecule has 2 rings (SSSR count). The molecule has 0 aromatic carbocycles. The lowest BCUT2D eigenvalue weighted by Crippen LogP contribution is -2.01. The van der Waals surface area contributed by atoms with Crippen molar-refractivity contribution in [2.75, 3.05) is 5.73 Å². The first-order valence-corrected chi connectivity index (χ1v) is 4.36. The lowest BCUT2D eigenvalue weighted by molar-refractivity contribution is 0.273. The number of aliphatic hydroxyl groups is 1. The minimum Gasteiger partial charge on any atom is -0.390 e. The van der Waals surface area contributed by atoms with Gasteiger partial charge in [-0.2, -0.15) is 5.10 Å². The highest BCUT2D eigenvalue weighted by Gasteiger charge is 2.07. The van der Waals surface area contributed by atoms with Crippen LogP contribution in [0.4, 0.5) is 5.13 Å². The summed E-state index contributed by atoms with van der Waals surface area (Å²) in [5.74, 6) is 0. The van der Waals surface area contributed by atoms with Gasteiger partial charge in [0.05, 0.1) is 12.3 Å². The Labute approximate surface area is 77.6 Å². The van der Waals surface area contributed by atoms with Crippen molar-refractivity contribution in [1.82, 2.24) is 20.0 Å². The summed E-state index contributed by atoms with van der Waals surface area (Å²) < 4.78 is 1.51. The quantitative estimate of drug-likeness (QED) is 0.695. The van der Waals surface area contributed by atoms with E-state index in [-0.39, 0.29) is 6.61 Å². The van der Waals surface area contributed by atoms with E-state index in [9.17, 15) is 0 Å². The number of nitrogen functional groups attached to an aromatic ring is 1. The minimum atomic E-state index is -0.0838. The van der Waals surface area contributed by atoms with Gasteiger partial charge in [-0.05, 0) is 6.07 Å². The Morgan fingerprint density at radius 3 is 3.00 bits per heavy atom. The topological polar surface area (TPSA) is 89.9 Å². The Balaban J connectivity index is 2.45. The predicted octanol–water partition coefficient (Wildman–Crippen LogP) is -0.202. The number of aliphatic hydroxyl groups excluding tert-OH is 1. The molecule has 0 aliphatic carbocycles. The maximum atomic E-state index is 8.94. The molecule has 0 bridgehead atoms. The number of hydrogen-bond donors (Lipinski definition) is 2. The van der Waals surface area contributed by atoms with Crippen molar-refractivity contribution in [1.29, 1.82) is 0 Å². The van der Waals surface area contributed by atoms with Crippen LogP contribution in [-0.4, -0.2) is 25.1 Å². The van der Waals surface area contributed by atoms with Gasteiger partial charge in [0.25, 0.3) is 0 Å². The molecule has 0 aliphatic rings. The van der Waals surface area contributed by atoms with Crippen LogP contribution in [0.25, 0.3) is 5.13 Å². The first-order chi connectivity index (χ1) is 6.31. The van der Waals surface area contributed by atoms with Crippen LogP contribution in [0.3, 0.4) is 0 Å². The molecule has 0 spiro atoms. The number of aromatic nitrogens is 4. The van der Waals surface area contributed by atoms with Crippen molar-refractivity contribution in [2.24, 2.45) is 0 Å². The van der Waals surface area contributed by atoms with Gasteiger partial charge in [0.2, 0.25) is 10.3 Å². The summed E-state index contributed by atoms with van der Waals surface area (Å²) in [5.41, 5.74) is 6.08. The standard InChI is InChI=1S/C6H7N5OS/c7-5-9-10-6(13-5)11-4(3-12)1-2-8-11/h1-2,12H,3H2,(H2,7,9). The van der Waals surface area contributed by atoms with Crippen LogP contribution < -0.4 is 5.73 Å². The third kappa shape index (κ3) is 1.38. The van der Waals surface area contributed by atoms with Crippen molar-refractivity contribution in [3.63, 3.8) is 0 Å². The van der Waals surface area contributed by atoms with E-state index in [1.165, 1.54) is 16.0 Å². The molecular formula is C6H7N5OS. The molecule has 13 heavy (non-hydrogen) atoms. The summed E-state index contributed by atoms with van der Waals surface area (Å²) >= 11 is 1.22. The fraction of sp³-hybridized carbons (Fsp3) is 0.167. The van der Waals surface area contributed by atoms with Gasteiger partial charge in [0.15, 0.2) is 0 Å². The van der Waals surface area contributed by atoms with Crippen LogP contribution >= 0.6 is 11.3 Å². The predicted molar refractivity (Wildman–Crippen MR) is 47.4 cm³/mol. The molecule has 0 amide bonds. The summed E-state index contributed by atoms with van der Waals surface area (Å²) in [5, 5.41) is 21.3. The van der Waals surface area contributed by atoms with E-state index in [1.54, 1.807) is 12.3 Å². The second-order valence-corrected chi connectivity index (χ2v) is 3.30. The highest BCUT2D eigenvalue weighted by molar-refractivity contribution is 7.17. The average molecular weight is 197 g/mol. The molecule has 0 aliphatic heterocycles. The summed E-state index contributed by atoms with van der Waals surface area (Å²) in [6.45, 7) is -0.0838. The lowest BCUT2D eigenvalue weighted by atomic mass is 10.5. The molecular weight excluding hydrogens is 190 g/mol. The van der Waals surface area contributed by atoms with E-state index in [1.807, 2.05) is 0 Å². The second-order valence-electron chi connectivity index (χ2n) is 2.32.